The minimum atomic E-state index is -0.223. The number of carbonyl (C=O) groups excluding carboxylic acids is 2. The molecule has 3 heterocycles. The lowest BCUT2D eigenvalue weighted by atomic mass is 9.97. The van der Waals surface area contributed by atoms with Crippen molar-refractivity contribution in [3.63, 3.8) is 0 Å². The Morgan fingerprint density at radius 2 is 1.79 bits per heavy atom. The van der Waals surface area contributed by atoms with Crippen molar-refractivity contribution in [1.82, 2.24) is 20.0 Å². The predicted molar refractivity (Wildman–Crippen MR) is 132 cm³/mol. The highest BCUT2D eigenvalue weighted by Crippen LogP contribution is 2.51. The summed E-state index contributed by atoms with van der Waals surface area (Å²) in [5.74, 6) is 0.813. The number of likely N-dealkylation sites (N-methyl/N-ethyl adjacent to an activating group) is 2. The number of halogens is 3. The van der Waals surface area contributed by atoms with Crippen LogP contribution in [0.5, 0.6) is 17.2 Å². The standard InChI is InChI=1S/C21H29BrN4O5.2ClH/c1-24-8-10-26(11-9-24)6-3-5-23-15(27)12-29-18-16-14(4-7-25(2)21(16)28)17(22)19-20(18)31-13-30-19;;/h3-13H2,1-2H3,(H,23,27);2*1H. The number of nitrogens with zero attached hydrogens (tertiary/aromatic N) is 3. The number of hydrogen-bond donors (Lipinski definition) is 1. The number of amides is 2. The number of carbonyl (C=O) groups is 2. The molecule has 1 fully saturated rings. The van der Waals surface area contributed by atoms with Gasteiger partial charge in [0.15, 0.2) is 18.1 Å². The SMILES string of the molecule is CN1CCN(CCCNC(=O)COc2c3c(c(Br)c4c2C(=O)N(C)CC4)OCO3)CC1.Cl.Cl. The van der Waals surface area contributed by atoms with Gasteiger partial charge in [0.1, 0.15) is 0 Å². The van der Waals surface area contributed by atoms with Gasteiger partial charge in [0, 0.05) is 46.3 Å². The largest absolute Gasteiger partial charge is 0.479 e. The summed E-state index contributed by atoms with van der Waals surface area (Å²) in [7, 11) is 3.89. The molecule has 2 amide bonds. The van der Waals surface area contributed by atoms with Crippen LogP contribution in [0.4, 0.5) is 0 Å². The molecule has 0 bridgehead atoms. The van der Waals surface area contributed by atoms with E-state index < -0.39 is 0 Å². The first kappa shape index (κ1) is 27.8. The Bertz CT molecular complexity index is 868. The zero-order chi connectivity index (χ0) is 22.0. The highest BCUT2D eigenvalue weighted by Gasteiger charge is 2.36. The monoisotopic (exact) mass is 568 g/mol. The summed E-state index contributed by atoms with van der Waals surface area (Å²) in [4.78, 5) is 31.6. The molecule has 3 aliphatic rings. The predicted octanol–water partition coefficient (Wildman–Crippen LogP) is 1.78. The van der Waals surface area contributed by atoms with Crippen molar-refractivity contribution < 1.29 is 23.8 Å². The molecule has 0 aliphatic carbocycles. The molecule has 4 rings (SSSR count). The molecule has 1 aromatic rings. The maximum absolute atomic E-state index is 12.8. The minimum absolute atomic E-state index is 0. The van der Waals surface area contributed by atoms with Crippen LogP contribution < -0.4 is 19.5 Å². The van der Waals surface area contributed by atoms with Crippen LogP contribution >= 0.6 is 40.7 Å². The zero-order valence-electron chi connectivity index (χ0n) is 18.9. The molecule has 0 unspecified atom stereocenters. The molecule has 0 aromatic heterocycles. The van der Waals surface area contributed by atoms with E-state index in [1.165, 1.54) is 0 Å². The van der Waals surface area contributed by atoms with Gasteiger partial charge in [0.25, 0.3) is 11.8 Å². The molecule has 1 saturated heterocycles. The first-order chi connectivity index (χ1) is 15.0. The summed E-state index contributed by atoms with van der Waals surface area (Å²) in [6.07, 6.45) is 1.56. The number of ether oxygens (including phenoxy) is 3. The van der Waals surface area contributed by atoms with Crippen molar-refractivity contribution in [3.8, 4) is 17.2 Å². The molecule has 3 aliphatic heterocycles. The van der Waals surface area contributed by atoms with Gasteiger partial charge in [0.2, 0.25) is 12.5 Å². The molecule has 0 radical (unpaired) electrons. The lowest BCUT2D eigenvalue weighted by Crippen LogP contribution is -2.45. The minimum Gasteiger partial charge on any atom is -0.479 e. The fourth-order valence-electron chi connectivity index (χ4n) is 4.07. The molecule has 0 saturated carbocycles. The summed E-state index contributed by atoms with van der Waals surface area (Å²) in [6.45, 7) is 6.34. The van der Waals surface area contributed by atoms with Crippen LogP contribution in [-0.4, -0.2) is 99.8 Å². The van der Waals surface area contributed by atoms with Crippen molar-refractivity contribution in [3.05, 3.63) is 15.6 Å². The van der Waals surface area contributed by atoms with Crippen molar-refractivity contribution in [1.29, 1.82) is 0 Å². The summed E-state index contributed by atoms with van der Waals surface area (Å²) in [5, 5.41) is 2.90. The summed E-state index contributed by atoms with van der Waals surface area (Å²) in [6, 6.07) is 0. The maximum Gasteiger partial charge on any atom is 0.257 e. The van der Waals surface area contributed by atoms with Gasteiger partial charge < -0.3 is 34.2 Å². The normalized spacial score (nSPS) is 17.7. The Kier molecular flexibility index (Phi) is 10.4. The number of benzene rings is 1. The lowest BCUT2D eigenvalue weighted by Gasteiger charge is -2.32. The van der Waals surface area contributed by atoms with Crippen LogP contribution in [0.3, 0.4) is 0 Å². The zero-order valence-corrected chi connectivity index (χ0v) is 22.1. The van der Waals surface area contributed by atoms with Crippen LogP contribution in [-0.2, 0) is 11.2 Å². The van der Waals surface area contributed by atoms with E-state index in [0.29, 0.717) is 36.6 Å². The molecule has 33 heavy (non-hydrogen) atoms. The van der Waals surface area contributed by atoms with Crippen molar-refractivity contribution in [2.75, 3.05) is 73.3 Å². The van der Waals surface area contributed by atoms with Gasteiger partial charge in [-0.25, -0.2) is 0 Å². The Balaban J connectivity index is 0.00000193. The Hall–Kier alpha value is -1.46. The Morgan fingerprint density at radius 3 is 2.52 bits per heavy atom. The molecule has 0 atom stereocenters. The topological polar surface area (TPSA) is 83.6 Å². The van der Waals surface area contributed by atoms with Crippen LogP contribution in [0.15, 0.2) is 4.47 Å². The van der Waals surface area contributed by atoms with Crippen LogP contribution in [0.25, 0.3) is 0 Å². The lowest BCUT2D eigenvalue weighted by molar-refractivity contribution is -0.123. The molecule has 186 valence electrons. The highest BCUT2D eigenvalue weighted by molar-refractivity contribution is 9.10. The van der Waals surface area contributed by atoms with Gasteiger partial charge in [-0.3, -0.25) is 9.59 Å². The first-order valence-electron chi connectivity index (χ1n) is 10.7. The molecular formula is C21H31BrCl2N4O5. The number of fused-ring (bicyclic) bond motifs is 2. The summed E-state index contributed by atoms with van der Waals surface area (Å²) >= 11 is 3.54. The molecular weight excluding hydrogens is 539 g/mol. The third-order valence-corrected chi connectivity index (χ3v) is 6.83. The van der Waals surface area contributed by atoms with E-state index in [4.69, 9.17) is 14.2 Å². The smallest absolute Gasteiger partial charge is 0.257 e. The van der Waals surface area contributed by atoms with Crippen molar-refractivity contribution in [2.24, 2.45) is 0 Å². The van der Waals surface area contributed by atoms with E-state index >= 15 is 0 Å². The second-order valence-electron chi connectivity index (χ2n) is 8.18. The number of nitrogens with one attached hydrogen (secondary N) is 1. The first-order valence-corrected chi connectivity index (χ1v) is 11.4. The van der Waals surface area contributed by atoms with E-state index in [1.807, 2.05) is 0 Å². The fourth-order valence-corrected chi connectivity index (χ4v) is 4.76. The second-order valence-corrected chi connectivity index (χ2v) is 8.97. The van der Waals surface area contributed by atoms with E-state index in [2.05, 4.69) is 38.1 Å². The molecule has 0 spiro atoms. The third kappa shape index (κ3) is 6.16. The van der Waals surface area contributed by atoms with E-state index in [-0.39, 0.29) is 55.8 Å². The fraction of sp³-hybridized carbons (Fsp3) is 0.619. The van der Waals surface area contributed by atoms with Gasteiger partial charge in [-0.1, -0.05) is 0 Å². The van der Waals surface area contributed by atoms with Crippen molar-refractivity contribution >= 4 is 52.6 Å². The molecule has 1 aromatic carbocycles. The summed E-state index contributed by atoms with van der Waals surface area (Å²) < 4.78 is 17.7. The number of rotatable bonds is 7. The van der Waals surface area contributed by atoms with E-state index in [9.17, 15) is 9.59 Å². The van der Waals surface area contributed by atoms with E-state index in [1.54, 1.807) is 11.9 Å². The third-order valence-electron chi connectivity index (χ3n) is 5.99. The molecule has 9 nitrogen and oxygen atoms in total. The highest BCUT2D eigenvalue weighted by atomic mass is 79.9. The summed E-state index contributed by atoms with van der Waals surface area (Å²) in [5.41, 5.74) is 1.27. The number of piperazine rings is 1. The van der Waals surface area contributed by atoms with Gasteiger partial charge in [-0.2, -0.15) is 0 Å². The Labute approximate surface area is 215 Å². The van der Waals surface area contributed by atoms with Crippen LogP contribution in [0, 0.1) is 0 Å². The molecule has 1 N–H and O–H groups in total. The van der Waals surface area contributed by atoms with Gasteiger partial charge in [-0.15, -0.1) is 24.8 Å². The van der Waals surface area contributed by atoms with Gasteiger partial charge in [-0.05, 0) is 47.9 Å². The maximum atomic E-state index is 12.8. The Morgan fingerprint density at radius 1 is 1.09 bits per heavy atom. The average molecular weight is 570 g/mol. The van der Waals surface area contributed by atoms with Gasteiger partial charge in [0.05, 0.1) is 10.0 Å². The number of hydrogen-bond acceptors (Lipinski definition) is 7. The van der Waals surface area contributed by atoms with Crippen LogP contribution in [0.1, 0.15) is 22.3 Å². The van der Waals surface area contributed by atoms with Crippen molar-refractivity contribution in [2.45, 2.75) is 12.8 Å². The van der Waals surface area contributed by atoms with E-state index in [0.717, 1.165) is 49.2 Å². The quantitative estimate of drug-likeness (QED) is 0.501. The average Bonchev–Trinajstić information content (AvgIpc) is 3.25. The second kappa shape index (κ2) is 12.3. The van der Waals surface area contributed by atoms with Crippen LogP contribution in [0.2, 0.25) is 0 Å². The molecule has 12 heteroatoms. The van der Waals surface area contributed by atoms with Gasteiger partial charge >= 0.3 is 0 Å².